The number of carbonyl (C=O) groups is 2. The van der Waals surface area contributed by atoms with E-state index in [0.29, 0.717) is 12.2 Å². The van der Waals surface area contributed by atoms with Crippen LogP contribution in [-0.2, 0) is 19.1 Å². The maximum absolute atomic E-state index is 14.1. The van der Waals surface area contributed by atoms with E-state index in [9.17, 15) is 14.0 Å². The van der Waals surface area contributed by atoms with Crippen molar-refractivity contribution in [1.29, 1.82) is 0 Å². The molecule has 1 fully saturated rings. The molecule has 124 valence electrons. The molecule has 1 aliphatic rings. The molecule has 1 amide bonds. The van der Waals surface area contributed by atoms with E-state index in [1.165, 1.54) is 6.07 Å². The third kappa shape index (κ3) is 4.16. The molecular formula is C17H20FNO4. The summed E-state index contributed by atoms with van der Waals surface area (Å²) in [5, 5.41) is 2.54. The highest BCUT2D eigenvalue weighted by Crippen LogP contribution is 2.37. The van der Waals surface area contributed by atoms with Gasteiger partial charge in [-0.05, 0) is 18.6 Å². The van der Waals surface area contributed by atoms with Gasteiger partial charge in [-0.1, -0.05) is 24.8 Å². The van der Waals surface area contributed by atoms with Crippen LogP contribution in [0.5, 0.6) is 0 Å². The van der Waals surface area contributed by atoms with Gasteiger partial charge in [-0.15, -0.1) is 0 Å². The topological polar surface area (TPSA) is 64.6 Å². The number of hydrogen-bond acceptors (Lipinski definition) is 4. The minimum absolute atomic E-state index is 0.00514. The van der Waals surface area contributed by atoms with Gasteiger partial charge in [-0.2, -0.15) is 0 Å². The van der Waals surface area contributed by atoms with E-state index in [1.54, 1.807) is 18.2 Å². The molecule has 0 saturated carbocycles. The van der Waals surface area contributed by atoms with E-state index < -0.39 is 23.6 Å². The Hall–Kier alpha value is -2.21. The SMILES string of the molecule is C=C1NC(=O)C[C@H](c2ccccc2F)[C@H]1C(=O)OCCOCC. The van der Waals surface area contributed by atoms with Gasteiger partial charge in [0.05, 0.1) is 6.61 Å². The van der Waals surface area contributed by atoms with Crippen molar-refractivity contribution >= 4 is 11.9 Å². The minimum atomic E-state index is -0.814. The number of amides is 1. The third-order valence-corrected chi connectivity index (χ3v) is 3.72. The Morgan fingerprint density at radius 3 is 2.83 bits per heavy atom. The zero-order valence-electron chi connectivity index (χ0n) is 13.0. The number of halogens is 1. The zero-order valence-corrected chi connectivity index (χ0v) is 13.0. The maximum atomic E-state index is 14.1. The van der Waals surface area contributed by atoms with E-state index >= 15 is 0 Å². The molecule has 0 aliphatic carbocycles. The quantitative estimate of drug-likeness (QED) is 0.644. The van der Waals surface area contributed by atoms with Crippen LogP contribution in [0.3, 0.4) is 0 Å². The molecular weight excluding hydrogens is 301 g/mol. The first-order valence-corrected chi connectivity index (χ1v) is 7.52. The highest BCUT2D eigenvalue weighted by Gasteiger charge is 2.40. The molecule has 1 aromatic rings. The summed E-state index contributed by atoms with van der Waals surface area (Å²) < 4.78 is 24.4. The van der Waals surface area contributed by atoms with Crippen molar-refractivity contribution in [3.05, 3.63) is 47.9 Å². The number of benzene rings is 1. The van der Waals surface area contributed by atoms with E-state index in [1.807, 2.05) is 6.92 Å². The van der Waals surface area contributed by atoms with Gasteiger partial charge in [0, 0.05) is 24.6 Å². The Bertz CT molecular complexity index is 602. The Balaban J connectivity index is 2.19. The van der Waals surface area contributed by atoms with Gasteiger partial charge < -0.3 is 14.8 Å². The van der Waals surface area contributed by atoms with Gasteiger partial charge in [-0.25, -0.2) is 4.39 Å². The molecule has 23 heavy (non-hydrogen) atoms. The van der Waals surface area contributed by atoms with Crippen LogP contribution in [0.4, 0.5) is 4.39 Å². The lowest BCUT2D eigenvalue weighted by Crippen LogP contribution is -2.42. The van der Waals surface area contributed by atoms with Crippen molar-refractivity contribution in [3.8, 4) is 0 Å². The van der Waals surface area contributed by atoms with Gasteiger partial charge >= 0.3 is 5.97 Å². The number of piperidine rings is 1. The zero-order chi connectivity index (χ0) is 16.8. The first kappa shape index (κ1) is 17.1. The molecule has 1 saturated heterocycles. The molecule has 0 radical (unpaired) electrons. The fraction of sp³-hybridized carbons (Fsp3) is 0.412. The summed E-state index contributed by atoms with van der Waals surface area (Å²) in [5.74, 6) is -2.72. The average molecular weight is 321 g/mol. The summed E-state index contributed by atoms with van der Waals surface area (Å²) >= 11 is 0. The molecule has 1 heterocycles. The highest BCUT2D eigenvalue weighted by molar-refractivity contribution is 5.86. The lowest BCUT2D eigenvalue weighted by atomic mass is 9.79. The van der Waals surface area contributed by atoms with Crippen molar-refractivity contribution in [3.63, 3.8) is 0 Å². The van der Waals surface area contributed by atoms with Crippen molar-refractivity contribution in [2.24, 2.45) is 5.92 Å². The van der Waals surface area contributed by atoms with Crippen LogP contribution < -0.4 is 5.32 Å². The smallest absolute Gasteiger partial charge is 0.315 e. The van der Waals surface area contributed by atoms with Crippen LogP contribution in [0.2, 0.25) is 0 Å². The lowest BCUT2D eigenvalue weighted by Gasteiger charge is -2.32. The van der Waals surface area contributed by atoms with Crippen molar-refractivity contribution in [1.82, 2.24) is 5.32 Å². The number of hydrogen-bond donors (Lipinski definition) is 1. The van der Waals surface area contributed by atoms with Crippen LogP contribution in [-0.4, -0.2) is 31.7 Å². The Morgan fingerprint density at radius 1 is 1.39 bits per heavy atom. The minimum Gasteiger partial charge on any atom is -0.463 e. The molecule has 0 aromatic heterocycles. The van der Waals surface area contributed by atoms with E-state index in [-0.39, 0.29) is 31.2 Å². The third-order valence-electron chi connectivity index (χ3n) is 3.72. The first-order valence-electron chi connectivity index (χ1n) is 7.52. The summed E-state index contributed by atoms with van der Waals surface area (Å²) in [7, 11) is 0. The molecule has 1 aromatic carbocycles. The van der Waals surface area contributed by atoms with Crippen molar-refractivity contribution in [2.45, 2.75) is 19.3 Å². The van der Waals surface area contributed by atoms with E-state index in [2.05, 4.69) is 11.9 Å². The number of ether oxygens (including phenoxy) is 2. The second-order valence-corrected chi connectivity index (χ2v) is 5.25. The molecule has 6 heteroatoms. The van der Waals surface area contributed by atoms with Crippen LogP contribution in [0, 0.1) is 11.7 Å². The number of esters is 1. The van der Waals surface area contributed by atoms with Gasteiger partial charge in [0.2, 0.25) is 5.91 Å². The Kier molecular flexibility index (Phi) is 5.87. The maximum Gasteiger partial charge on any atom is 0.315 e. The highest BCUT2D eigenvalue weighted by atomic mass is 19.1. The summed E-state index contributed by atoms with van der Waals surface area (Å²) in [6.07, 6.45) is 0.00514. The Morgan fingerprint density at radius 2 is 2.13 bits per heavy atom. The molecule has 2 rings (SSSR count). The molecule has 1 aliphatic heterocycles. The number of rotatable bonds is 6. The van der Waals surface area contributed by atoms with Crippen molar-refractivity contribution < 1.29 is 23.5 Å². The Labute approximate surface area is 134 Å². The predicted octanol–water partition coefficient (Wildman–Crippen LogP) is 2.14. The second-order valence-electron chi connectivity index (χ2n) is 5.25. The van der Waals surface area contributed by atoms with Crippen LogP contribution in [0.25, 0.3) is 0 Å². The fourth-order valence-corrected chi connectivity index (χ4v) is 2.68. The lowest BCUT2D eigenvalue weighted by molar-refractivity contribution is -0.150. The summed E-state index contributed by atoms with van der Waals surface area (Å²) in [6.45, 7) is 6.50. The second kappa shape index (κ2) is 7.87. The molecule has 5 nitrogen and oxygen atoms in total. The summed E-state index contributed by atoms with van der Waals surface area (Å²) in [4.78, 5) is 24.1. The summed E-state index contributed by atoms with van der Waals surface area (Å²) in [5.41, 5.74) is 0.547. The normalized spacial score (nSPS) is 21.0. The van der Waals surface area contributed by atoms with Crippen LogP contribution in [0.1, 0.15) is 24.8 Å². The molecule has 0 unspecified atom stereocenters. The van der Waals surface area contributed by atoms with Crippen molar-refractivity contribution in [2.75, 3.05) is 19.8 Å². The van der Waals surface area contributed by atoms with Crippen LogP contribution in [0.15, 0.2) is 36.5 Å². The van der Waals surface area contributed by atoms with Gasteiger partial charge in [0.1, 0.15) is 18.3 Å². The molecule has 1 N–H and O–H groups in total. The largest absolute Gasteiger partial charge is 0.463 e. The fourth-order valence-electron chi connectivity index (χ4n) is 2.68. The van der Waals surface area contributed by atoms with Gasteiger partial charge in [0.15, 0.2) is 0 Å². The monoisotopic (exact) mass is 321 g/mol. The van der Waals surface area contributed by atoms with E-state index in [0.717, 1.165) is 0 Å². The number of nitrogens with one attached hydrogen (secondary N) is 1. The first-order chi connectivity index (χ1) is 11.0. The van der Waals surface area contributed by atoms with Crippen LogP contribution >= 0.6 is 0 Å². The standard InChI is InChI=1S/C17H20FNO4/c1-3-22-8-9-23-17(21)16-11(2)19-15(20)10-13(16)12-6-4-5-7-14(12)18/h4-7,13,16H,2-3,8-10H2,1H3,(H,19,20)/t13-,16+/m1/s1. The predicted molar refractivity (Wildman–Crippen MR) is 82.0 cm³/mol. The van der Waals surface area contributed by atoms with Gasteiger partial charge in [-0.3, -0.25) is 9.59 Å². The van der Waals surface area contributed by atoms with E-state index in [4.69, 9.17) is 9.47 Å². The van der Waals surface area contributed by atoms with Gasteiger partial charge in [0.25, 0.3) is 0 Å². The number of carbonyl (C=O) groups excluding carboxylic acids is 2. The summed E-state index contributed by atoms with van der Waals surface area (Å²) in [6, 6.07) is 6.12. The molecule has 0 spiro atoms. The molecule has 2 atom stereocenters. The molecule has 0 bridgehead atoms. The average Bonchev–Trinajstić information content (AvgIpc) is 2.51.